The summed E-state index contributed by atoms with van der Waals surface area (Å²) in [6.45, 7) is 2.71. The molecule has 18 heavy (non-hydrogen) atoms. The predicted octanol–water partition coefficient (Wildman–Crippen LogP) is 1.20. The molecule has 0 spiro atoms. The van der Waals surface area contributed by atoms with E-state index in [1.807, 2.05) is 0 Å². The number of H-pyrrole nitrogens is 1. The normalized spacial score (nSPS) is 28.3. The van der Waals surface area contributed by atoms with Crippen LogP contribution in [0.1, 0.15) is 30.3 Å². The zero-order chi connectivity index (χ0) is 12.5. The predicted molar refractivity (Wildman–Crippen MR) is 70.8 cm³/mol. The fourth-order valence-corrected chi connectivity index (χ4v) is 3.08. The minimum atomic E-state index is -0.101. The maximum absolute atomic E-state index is 11.7. The molecule has 2 atom stereocenters. The second-order valence-corrected chi connectivity index (χ2v) is 5.43. The van der Waals surface area contributed by atoms with Crippen LogP contribution in [0.5, 0.6) is 0 Å². The number of halogens is 1. The highest BCUT2D eigenvalue weighted by molar-refractivity contribution is 9.08. The Morgan fingerprint density at radius 3 is 3.28 bits per heavy atom. The molecule has 0 aromatic carbocycles. The van der Waals surface area contributed by atoms with Gasteiger partial charge < -0.3 is 9.72 Å². The number of nitrogens with zero attached hydrogens (tertiary/aromatic N) is 2. The number of ether oxygens (including phenoxy) is 1. The van der Waals surface area contributed by atoms with E-state index in [0.29, 0.717) is 22.8 Å². The molecule has 5 nitrogen and oxygen atoms in total. The summed E-state index contributed by atoms with van der Waals surface area (Å²) in [5.41, 5.74) is 0.567. The van der Waals surface area contributed by atoms with Crippen molar-refractivity contribution in [3.63, 3.8) is 0 Å². The lowest BCUT2D eigenvalue weighted by atomic mass is 10.2. The topological polar surface area (TPSA) is 58.2 Å². The highest BCUT2D eigenvalue weighted by Gasteiger charge is 2.33. The molecule has 3 rings (SSSR count). The summed E-state index contributed by atoms with van der Waals surface area (Å²) in [6.07, 6.45) is 3.99. The van der Waals surface area contributed by atoms with E-state index in [-0.39, 0.29) is 11.7 Å². The van der Waals surface area contributed by atoms with Gasteiger partial charge in [-0.15, -0.1) is 0 Å². The third-order valence-corrected chi connectivity index (χ3v) is 4.33. The maximum atomic E-state index is 11.7. The second-order valence-electron chi connectivity index (χ2n) is 4.87. The van der Waals surface area contributed by atoms with Crippen LogP contribution in [0, 0.1) is 0 Å². The number of rotatable bonds is 2. The van der Waals surface area contributed by atoms with Crippen LogP contribution in [0.25, 0.3) is 0 Å². The molecule has 1 N–H and O–H groups in total. The molecule has 2 saturated heterocycles. The average molecular weight is 314 g/mol. The number of aromatic amines is 1. The molecular weight excluding hydrogens is 298 g/mol. The lowest BCUT2D eigenvalue weighted by molar-refractivity contribution is -0.0542. The number of hydrogen-bond donors (Lipinski definition) is 1. The van der Waals surface area contributed by atoms with Crippen LogP contribution in [-0.2, 0) is 10.1 Å². The van der Waals surface area contributed by atoms with Crippen molar-refractivity contribution in [3.05, 3.63) is 27.9 Å². The number of alkyl halides is 1. The van der Waals surface area contributed by atoms with E-state index >= 15 is 0 Å². The summed E-state index contributed by atoms with van der Waals surface area (Å²) in [5.74, 6) is 0.648. The van der Waals surface area contributed by atoms with Crippen LogP contribution in [0.4, 0.5) is 0 Å². The van der Waals surface area contributed by atoms with Crippen LogP contribution >= 0.6 is 15.9 Å². The Kier molecular flexibility index (Phi) is 3.50. The molecule has 0 radical (unpaired) electrons. The van der Waals surface area contributed by atoms with Gasteiger partial charge in [0, 0.05) is 29.7 Å². The molecule has 2 aliphatic rings. The van der Waals surface area contributed by atoms with E-state index in [9.17, 15) is 4.79 Å². The standard InChI is InChI=1S/C12H16BrN3O2/c13-4-8-5-14-11(15-12(8)17)10-6-16-3-1-2-9(16)7-18-10/h5,9-10H,1-4,6-7H2,(H,14,15,17). The van der Waals surface area contributed by atoms with Crippen LogP contribution < -0.4 is 5.56 Å². The van der Waals surface area contributed by atoms with Crippen molar-refractivity contribution in [1.82, 2.24) is 14.9 Å². The van der Waals surface area contributed by atoms with Gasteiger partial charge in [-0.1, -0.05) is 15.9 Å². The number of hydrogen-bond acceptors (Lipinski definition) is 4. The second kappa shape index (κ2) is 5.11. The Bertz CT molecular complexity index is 490. The first-order valence-corrected chi connectivity index (χ1v) is 7.40. The minimum absolute atomic E-state index is 0.0796. The monoisotopic (exact) mass is 313 g/mol. The summed E-state index contributed by atoms with van der Waals surface area (Å²) in [4.78, 5) is 21.3. The first-order valence-electron chi connectivity index (χ1n) is 6.27. The van der Waals surface area contributed by atoms with E-state index in [1.165, 1.54) is 12.8 Å². The van der Waals surface area contributed by atoms with E-state index in [0.717, 1.165) is 19.7 Å². The Labute approximate surface area is 114 Å². The summed E-state index contributed by atoms with van der Waals surface area (Å²) >= 11 is 3.27. The molecule has 2 aliphatic heterocycles. The third-order valence-electron chi connectivity index (χ3n) is 3.73. The molecule has 3 heterocycles. The van der Waals surface area contributed by atoms with E-state index in [4.69, 9.17) is 4.74 Å². The van der Waals surface area contributed by atoms with E-state index in [1.54, 1.807) is 6.20 Å². The largest absolute Gasteiger partial charge is 0.367 e. The van der Waals surface area contributed by atoms with Crippen LogP contribution in [0.2, 0.25) is 0 Å². The lowest BCUT2D eigenvalue weighted by Crippen LogP contribution is -2.43. The summed E-state index contributed by atoms with van der Waals surface area (Å²) < 4.78 is 5.82. The third kappa shape index (κ3) is 2.24. The van der Waals surface area contributed by atoms with Gasteiger partial charge >= 0.3 is 0 Å². The molecule has 1 aromatic heterocycles. The summed E-state index contributed by atoms with van der Waals surface area (Å²) in [5, 5.41) is 0.523. The molecule has 2 unspecified atom stereocenters. The smallest absolute Gasteiger partial charge is 0.254 e. The van der Waals surface area contributed by atoms with Gasteiger partial charge in [0.15, 0.2) is 0 Å². The maximum Gasteiger partial charge on any atom is 0.254 e. The number of nitrogens with one attached hydrogen (secondary N) is 1. The lowest BCUT2D eigenvalue weighted by Gasteiger charge is -2.34. The molecule has 2 fully saturated rings. The van der Waals surface area contributed by atoms with Gasteiger partial charge in [-0.2, -0.15) is 0 Å². The molecular formula is C12H16BrN3O2. The Morgan fingerprint density at radius 1 is 1.61 bits per heavy atom. The van der Waals surface area contributed by atoms with Gasteiger partial charge in [0.1, 0.15) is 11.9 Å². The quantitative estimate of drug-likeness (QED) is 0.834. The van der Waals surface area contributed by atoms with Gasteiger partial charge in [0.2, 0.25) is 0 Å². The molecule has 0 amide bonds. The number of fused-ring (bicyclic) bond motifs is 1. The SMILES string of the molecule is O=c1[nH]c(C2CN3CCCC3CO2)ncc1CBr. The van der Waals surface area contributed by atoms with E-state index < -0.39 is 0 Å². The molecule has 98 valence electrons. The van der Waals surface area contributed by atoms with Gasteiger partial charge in [0.05, 0.1) is 6.61 Å². The van der Waals surface area contributed by atoms with Crippen LogP contribution in [-0.4, -0.2) is 40.6 Å². The number of aromatic nitrogens is 2. The zero-order valence-electron chi connectivity index (χ0n) is 10.1. The van der Waals surface area contributed by atoms with Crippen molar-refractivity contribution in [2.24, 2.45) is 0 Å². The molecule has 0 aliphatic carbocycles. The van der Waals surface area contributed by atoms with E-state index in [2.05, 4.69) is 30.8 Å². The fraction of sp³-hybridized carbons (Fsp3) is 0.667. The van der Waals surface area contributed by atoms with Crippen molar-refractivity contribution < 1.29 is 4.74 Å². The highest BCUT2D eigenvalue weighted by atomic mass is 79.9. The van der Waals surface area contributed by atoms with Crippen molar-refractivity contribution in [2.75, 3.05) is 19.7 Å². The van der Waals surface area contributed by atoms with Crippen LogP contribution in [0.15, 0.2) is 11.0 Å². The van der Waals surface area contributed by atoms with Crippen molar-refractivity contribution in [1.29, 1.82) is 0 Å². The Balaban J connectivity index is 1.78. The molecule has 0 bridgehead atoms. The Morgan fingerprint density at radius 2 is 2.50 bits per heavy atom. The first-order chi connectivity index (χ1) is 8.78. The summed E-state index contributed by atoms with van der Waals surface area (Å²) in [7, 11) is 0. The van der Waals surface area contributed by atoms with Crippen molar-refractivity contribution in [2.45, 2.75) is 30.3 Å². The average Bonchev–Trinajstić information content (AvgIpc) is 2.85. The molecule has 6 heteroatoms. The van der Waals surface area contributed by atoms with Gasteiger partial charge in [-0.25, -0.2) is 4.98 Å². The first kappa shape index (κ1) is 12.3. The summed E-state index contributed by atoms with van der Waals surface area (Å²) in [6, 6.07) is 0.565. The highest BCUT2D eigenvalue weighted by Crippen LogP contribution is 2.28. The molecule has 0 saturated carbocycles. The van der Waals surface area contributed by atoms with Gasteiger partial charge in [-0.3, -0.25) is 9.69 Å². The minimum Gasteiger partial charge on any atom is -0.367 e. The van der Waals surface area contributed by atoms with Crippen LogP contribution in [0.3, 0.4) is 0 Å². The van der Waals surface area contributed by atoms with Gasteiger partial charge in [-0.05, 0) is 19.4 Å². The fourth-order valence-electron chi connectivity index (χ4n) is 2.68. The Hall–Kier alpha value is -0.720. The molecule has 1 aromatic rings. The number of morpholine rings is 1. The van der Waals surface area contributed by atoms with Gasteiger partial charge in [0.25, 0.3) is 5.56 Å². The van der Waals surface area contributed by atoms with Crippen molar-refractivity contribution in [3.8, 4) is 0 Å². The van der Waals surface area contributed by atoms with Crippen molar-refractivity contribution >= 4 is 15.9 Å². The zero-order valence-corrected chi connectivity index (χ0v) is 11.6.